The predicted octanol–water partition coefficient (Wildman–Crippen LogP) is 0.431. The topological polar surface area (TPSA) is 41.5 Å². The first-order chi connectivity index (χ1) is 4.43. The normalized spacial score (nSPS) is 20.1. The van der Waals surface area contributed by atoms with E-state index < -0.39 is 0 Å². The molecular weight excluding hydrogens is 302 g/mol. The summed E-state index contributed by atoms with van der Waals surface area (Å²) in [6.07, 6.45) is 2.08. The summed E-state index contributed by atoms with van der Waals surface area (Å²) >= 11 is 0. The van der Waals surface area contributed by atoms with Crippen molar-refractivity contribution in [3.63, 3.8) is 0 Å². The summed E-state index contributed by atoms with van der Waals surface area (Å²) in [6.45, 7) is 2.47. The molecule has 1 rings (SSSR count). The Hall–Kier alpha value is 0.568. The van der Waals surface area contributed by atoms with E-state index in [1.165, 1.54) is 5.92 Å². The zero-order chi connectivity index (χ0) is 6.53. The van der Waals surface area contributed by atoms with E-state index in [0.29, 0.717) is 6.61 Å². The van der Waals surface area contributed by atoms with E-state index in [-0.39, 0.29) is 21.1 Å². The average Bonchev–Trinajstić information content (AvgIpc) is 1.91. The van der Waals surface area contributed by atoms with Crippen LogP contribution in [0.4, 0.5) is 0 Å². The summed E-state index contributed by atoms with van der Waals surface area (Å²) in [6, 6.07) is 0. The first kappa shape index (κ1) is 10.6. The molecule has 1 aliphatic heterocycles. The van der Waals surface area contributed by atoms with Crippen molar-refractivity contribution in [3.05, 3.63) is 5.92 Å². The Morgan fingerprint density at radius 1 is 1.40 bits per heavy atom. The molecule has 2 N–H and O–H groups in total. The third kappa shape index (κ3) is 3.67. The molecule has 1 saturated heterocycles. The Labute approximate surface area is 75.3 Å². The van der Waals surface area contributed by atoms with Gasteiger partial charge < -0.3 is 5.32 Å². The third-order valence-electron chi connectivity index (χ3n) is 1.58. The molecule has 0 aliphatic carbocycles. The molecule has 0 radical (unpaired) electrons. The van der Waals surface area contributed by atoms with Crippen molar-refractivity contribution in [3.8, 4) is 0 Å². The van der Waals surface area contributed by atoms with Gasteiger partial charge in [0.05, 0.1) is 0 Å². The molecule has 0 bridgehead atoms. The van der Waals surface area contributed by atoms with E-state index in [9.17, 15) is 0 Å². The van der Waals surface area contributed by atoms with Crippen LogP contribution in [0.25, 0.3) is 0 Å². The van der Waals surface area contributed by atoms with Gasteiger partial charge in [-0.3, -0.25) is 16.1 Å². The van der Waals surface area contributed by atoms with E-state index in [1.54, 1.807) is 0 Å². The maximum absolute atomic E-state index is 8.08. The van der Waals surface area contributed by atoms with Gasteiger partial charge >= 0.3 is 0 Å². The molecule has 60 valence electrons. The fourth-order valence-corrected chi connectivity index (χ4v) is 1.02. The number of nitrogens with one attached hydrogen (secondary N) is 1. The van der Waals surface area contributed by atoms with Crippen LogP contribution in [-0.2, 0) is 26.0 Å². The molecule has 0 aromatic carbocycles. The first-order valence-corrected chi connectivity index (χ1v) is 3.24. The van der Waals surface area contributed by atoms with Crippen molar-refractivity contribution < 1.29 is 31.2 Å². The molecule has 1 aliphatic rings. The van der Waals surface area contributed by atoms with Gasteiger partial charge in [0.15, 0.2) is 0 Å². The second-order valence-corrected chi connectivity index (χ2v) is 2.27. The van der Waals surface area contributed by atoms with E-state index in [4.69, 9.17) is 5.26 Å². The second kappa shape index (κ2) is 6.29. The summed E-state index contributed by atoms with van der Waals surface area (Å²) in [7, 11) is 0. The fraction of sp³-hybridized carbons (Fsp3) is 0.833. The maximum atomic E-state index is 8.08. The summed E-state index contributed by atoms with van der Waals surface area (Å²) in [5.41, 5.74) is 0. The summed E-state index contributed by atoms with van der Waals surface area (Å²) in [5.74, 6) is 1.30. The van der Waals surface area contributed by atoms with Crippen molar-refractivity contribution in [1.29, 1.82) is 0 Å². The Morgan fingerprint density at radius 3 is 2.50 bits per heavy atom. The number of rotatable bonds is 2. The number of hydrogen-bond acceptors (Lipinski definition) is 3. The van der Waals surface area contributed by atoms with Crippen molar-refractivity contribution >= 4 is 0 Å². The van der Waals surface area contributed by atoms with Gasteiger partial charge in [0.2, 0.25) is 0 Å². The minimum Gasteiger partial charge on any atom is -0.322 e. The standard InChI is InChI=1S/C6H12NO2.W/c8-9-5-6-1-3-7-4-2-6;/h7-8H,1-5H2;/q-1;. The van der Waals surface area contributed by atoms with Gasteiger partial charge in [-0.15, -0.1) is 0 Å². The average molecular weight is 314 g/mol. The molecule has 1 fully saturated rings. The van der Waals surface area contributed by atoms with Gasteiger partial charge in [0, 0.05) is 21.1 Å². The van der Waals surface area contributed by atoms with Crippen LogP contribution in [0.1, 0.15) is 12.8 Å². The number of piperidine rings is 1. The predicted molar refractivity (Wildman–Crippen MR) is 33.9 cm³/mol. The molecular formula is C6H12NO2W-. The van der Waals surface area contributed by atoms with Gasteiger partial charge in [-0.25, -0.2) is 0 Å². The van der Waals surface area contributed by atoms with Crippen LogP contribution < -0.4 is 5.32 Å². The molecule has 0 atom stereocenters. The van der Waals surface area contributed by atoms with Gasteiger partial charge in [-0.2, -0.15) is 12.8 Å². The Bertz CT molecular complexity index is 73.4. The largest absolute Gasteiger partial charge is 0.322 e. The van der Waals surface area contributed by atoms with Gasteiger partial charge in [0.1, 0.15) is 0 Å². The van der Waals surface area contributed by atoms with E-state index in [2.05, 4.69) is 10.2 Å². The Kier molecular flexibility index (Phi) is 6.65. The molecule has 3 nitrogen and oxygen atoms in total. The minimum absolute atomic E-state index is 0. The molecule has 1 heterocycles. The van der Waals surface area contributed by atoms with Gasteiger partial charge in [-0.1, -0.05) is 0 Å². The SMILES string of the molecule is OOC[C-]1CCNCC1.[W]. The quantitative estimate of drug-likeness (QED) is 0.441. The zero-order valence-electron chi connectivity index (χ0n) is 5.80. The van der Waals surface area contributed by atoms with E-state index in [0.717, 1.165) is 25.9 Å². The molecule has 0 aromatic heterocycles. The molecule has 4 heteroatoms. The smallest absolute Gasteiger partial charge is 0 e. The third-order valence-corrected chi connectivity index (χ3v) is 1.58. The van der Waals surface area contributed by atoms with Crippen LogP contribution in [0.2, 0.25) is 0 Å². The van der Waals surface area contributed by atoms with E-state index in [1.807, 2.05) is 0 Å². The van der Waals surface area contributed by atoms with Crippen molar-refractivity contribution in [2.75, 3.05) is 19.7 Å². The second-order valence-electron chi connectivity index (χ2n) is 2.27. The van der Waals surface area contributed by atoms with Crippen LogP contribution in [0.3, 0.4) is 0 Å². The van der Waals surface area contributed by atoms with Crippen LogP contribution in [0.15, 0.2) is 0 Å². The van der Waals surface area contributed by atoms with Crippen molar-refractivity contribution in [2.45, 2.75) is 12.8 Å². The van der Waals surface area contributed by atoms with Crippen LogP contribution in [0.5, 0.6) is 0 Å². The van der Waals surface area contributed by atoms with Crippen LogP contribution in [0, 0.1) is 5.92 Å². The first-order valence-electron chi connectivity index (χ1n) is 3.24. The molecule has 10 heavy (non-hydrogen) atoms. The van der Waals surface area contributed by atoms with Gasteiger partial charge in [-0.05, 0) is 19.7 Å². The van der Waals surface area contributed by atoms with Crippen molar-refractivity contribution in [2.24, 2.45) is 0 Å². The maximum Gasteiger partial charge on any atom is 0 e. The summed E-state index contributed by atoms with van der Waals surface area (Å²) < 4.78 is 0. The monoisotopic (exact) mass is 314 g/mol. The van der Waals surface area contributed by atoms with Crippen LogP contribution in [-0.4, -0.2) is 25.0 Å². The van der Waals surface area contributed by atoms with Crippen molar-refractivity contribution in [1.82, 2.24) is 5.32 Å². The molecule has 0 unspecified atom stereocenters. The Morgan fingerprint density at radius 2 is 2.00 bits per heavy atom. The summed E-state index contributed by atoms with van der Waals surface area (Å²) in [4.78, 5) is 4.02. The summed E-state index contributed by atoms with van der Waals surface area (Å²) in [5, 5.41) is 11.3. The van der Waals surface area contributed by atoms with Crippen LogP contribution >= 0.6 is 0 Å². The molecule has 0 saturated carbocycles. The molecule has 0 amide bonds. The number of hydrogen-bond donors (Lipinski definition) is 2. The fourth-order valence-electron chi connectivity index (χ4n) is 1.02. The minimum atomic E-state index is 0. The Balaban J connectivity index is 0.000000810. The zero-order valence-corrected chi connectivity index (χ0v) is 8.73. The van der Waals surface area contributed by atoms with Gasteiger partial charge in [0.25, 0.3) is 0 Å². The molecule has 0 aromatic rings. The molecule has 0 spiro atoms. The van der Waals surface area contributed by atoms with E-state index >= 15 is 0 Å².